The Kier molecular flexibility index (Phi) is 8.13. The fourth-order valence-corrected chi connectivity index (χ4v) is 5.85. The molecule has 2 fully saturated rings. The zero-order chi connectivity index (χ0) is 30.3. The Hall–Kier alpha value is -3.76. The second-order valence-corrected chi connectivity index (χ2v) is 12.9. The number of carbonyl (C=O) groups is 1. The van der Waals surface area contributed by atoms with Crippen LogP contribution in [0.1, 0.15) is 69.8 Å². The van der Waals surface area contributed by atoms with Crippen molar-refractivity contribution in [3.63, 3.8) is 0 Å². The summed E-state index contributed by atoms with van der Waals surface area (Å²) in [5, 5.41) is 0. The minimum Gasteiger partial charge on any atom is -0.444 e. The monoisotopic (exact) mass is 581 g/mol. The Morgan fingerprint density at radius 2 is 1.93 bits per heavy atom. The fraction of sp³-hybridized carbons (Fsp3) is 0.548. The Morgan fingerprint density at radius 1 is 1.19 bits per heavy atom. The quantitative estimate of drug-likeness (QED) is 0.399. The fourth-order valence-electron chi connectivity index (χ4n) is 5.85. The maximum atomic E-state index is 16.1. The van der Waals surface area contributed by atoms with Crippen LogP contribution in [0, 0.1) is 18.7 Å². The first-order valence-electron chi connectivity index (χ1n) is 14.6. The van der Waals surface area contributed by atoms with Gasteiger partial charge in [0.25, 0.3) is 0 Å². The van der Waals surface area contributed by atoms with Crippen molar-refractivity contribution < 1.29 is 18.3 Å². The molecular weight excluding hydrogens is 540 g/mol. The zero-order valence-electron chi connectivity index (χ0n) is 25.3. The molecule has 0 saturated carbocycles. The third-order valence-electron chi connectivity index (χ3n) is 7.97. The maximum Gasteiger partial charge on any atom is 0.410 e. The summed E-state index contributed by atoms with van der Waals surface area (Å²) in [4.78, 5) is 29.6. The molecule has 2 N–H and O–H groups in total. The van der Waals surface area contributed by atoms with Gasteiger partial charge in [0.15, 0.2) is 0 Å². The molecule has 9 nitrogen and oxygen atoms in total. The molecule has 2 atom stereocenters. The van der Waals surface area contributed by atoms with Crippen molar-refractivity contribution in [2.75, 3.05) is 36.8 Å². The summed E-state index contributed by atoms with van der Waals surface area (Å²) in [6.07, 6.45) is 2.38. The largest absolute Gasteiger partial charge is 0.444 e. The molecule has 1 aromatic carbocycles. The van der Waals surface area contributed by atoms with Crippen LogP contribution < -0.4 is 10.6 Å². The summed E-state index contributed by atoms with van der Waals surface area (Å²) in [6.45, 7) is 13.8. The molecule has 42 heavy (non-hydrogen) atoms. The van der Waals surface area contributed by atoms with E-state index in [0.29, 0.717) is 61.3 Å². The van der Waals surface area contributed by atoms with Gasteiger partial charge in [0.1, 0.15) is 41.4 Å². The number of anilines is 2. The van der Waals surface area contributed by atoms with Crippen molar-refractivity contribution in [3.05, 3.63) is 53.5 Å². The minimum absolute atomic E-state index is 0.0975. The molecule has 1 amide bonds. The van der Waals surface area contributed by atoms with E-state index >= 15 is 4.39 Å². The van der Waals surface area contributed by atoms with Crippen molar-refractivity contribution in [1.82, 2.24) is 24.4 Å². The predicted molar refractivity (Wildman–Crippen MR) is 159 cm³/mol. The molecule has 226 valence electrons. The van der Waals surface area contributed by atoms with Gasteiger partial charge in [-0.3, -0.25) is 0 Å². The number of hydrogen-bond acceptors (Lipinski definition) is 7. The van der Waals surface area contributed by atoms with Crippen LogP contribution in [-0.2, 0) is 11.3 Å². The first-order chi connectivity index (χ1) is 19.8. The number of nitrogens with zero attached hydrogens (tertiary/aromatic N) is 6. The molecular formula is C31H41F2N7O2. The second kappa shape index (κ2) is 11.5. The van der Waals surface area contributed by atoms with Gasteiger partial charge in [0.2, 0.25) is 0 Å². The number of likely N-dealkylation sites (tertiary alicyclic amines) is 1. The molecule has 2 aromatic heterocycles. The molecule has 2 aliphatic heterocycles. The highest BCUT2D eigenvalue weighted by Crippen LogP contribution is 2.37. The van der Waals surface area contributed by atoms with Crippen LogP contribution in [0.3, 0.4) is 0 Å². The summed E-state index contributed by atoms with van der Waals surface area (Å²) < 4.78 is 37.6. The highest BCUT2D eigenvalue weighted by molar-refractivity contribution is 5.69. The summed E-state index contributed by atoms with van der Waals surface area (Å²) in [7, 11) is 0. The number of ether oxygens (including phenoxy) is 1. The lowest BCUT2D eigenvalue weighted by Gasteiger charge is -2.40. The third-order valence-corrected chi connectivity index (χ3v) is 7.97. The third kappa shape index (κ3) is 6.19. The van der Waals surface area contributed by atoms with Crippen molar-refractivity contribution >= 4 is 17.7 Å². The smallest absolute Gasteiger partial charge is 0.410 e. The van der Waals surface area contributed by atoms with Gasteiger partial charge >= 0.3 is 6.09 Å². The number of alkyl halides is 1. The molecule has 0 radical (unpaired) electrons. The number of aryl methyl sites for hydroxylation is 1. The molecule has 0 bridgehead atoms. The van der Waals surface area contributed by atoms with E-state index in [4.69, 9.17) is 15.5 Å². The van der Waals surface area contributed by atoms with Crippen LogP contribution in [0.4, 0.5) is 25.2 Å². The van der Waals surface area contributed by atoms with Crippen LogP contribution in [0.5, 0.6) is 0 Å². The first-order valence-corrected chi connectivity index (χ1v) is 14.6. The molecule has 2 unspecified atom stereocenters. The number of amides is 1. The topological polar surface area (TPSA) is 102 Å². The van der Waals surface area contributed by atoms with E-state index in [1.54, 1.807) is 24.0 Å². The highest BCUT2D eigenvalue weighted by Gasteiger charge is 2.38. The number of carbonyl (C=O) groups excluding carboxylic acids is 1. The van der Waals surface area contributed by atoms with E-state index in [1.165, 1.54) is 12.4 Å². The highest BCUT2D eigenvalue weighted by atomic mass is 19.1. The second-order valence-electron chi connectivity index (χ2n) is 12.9. The normalized spacial score (nSPS) is 19.7. The van der Waals surface area contributed by atoms with E-state index in [2.05, 4.69) is 9.97 Å². The van der Waals surface area contributed by atoms with Crippen LogP contribution in [0.15, 0.2) is 30.7 Å². The number of benzene rings is 1. The molecule has 4 heterocycles. The molecule has 2 aliphatic rings. The number of hydrogen-bond donors (Lipinski definition) is 1. The van der Waals surface area contributed by atoms with E-state index in [-0.39, 0.29) is 30.3 Å². The number of aromatic nitrogens is 4. The predicted octanol–water partition coefficient (Wildman–Crippen LogP) is 5.69. The summed E-state index contributed by atoms with van der Waals surface area (Å²) >= 11 is 0. The number of nitrogen functional groups attached to an aromatic ring is 1. The van der Waals surface area contributed by atoms with Gasteiger partial charge in [-0.05, 0) is 63.8 Å². The van der Waals surface area contributed by atoms with Gasteiger partial charge in [-0.25, -0.2) is 28.5 Å². The number of nitrogens with two attached hydrogens (primary N) is 1. The lowest BCUT2D eigenvalue weighted by atomic mass is 9.92. The molecule has 5 rings (SSSR count). The summed E-state index contributed by atoms with van der Waals surface area (Å²) in [5.41, 5.74) is 8.42. The average Bonchev–Trinajstić information content (AvgIpc) is 3.29. The molecule has 11 heteroatoms. The molecule has 0 aliphatic carbocycles. The number of piperidine rings is 1. The number of rotatable bonds is 6. The van der Waals surface area contributed by atoms with Crippen LogP contribution in [0.25, 0.3) is 11.3 Å². The van der Waals surface area contributed by atoms with E-state index < -0.39 is 17.7 Å². The van der Waals surface area contributed by atoms with Crippen molar-refractivity contribution in [1.29, 1.82) is 0 Å². The van der Waals surface area contributed by atoms with Crippen LogP contribution >= 0.6 is 0 Å². The SMILES string of the molecule is Cc1cc(-c2cn(CC3CN(C(=O)OC(C)(C)C)C3)c(C3CCN(c4ncnc(N)c4C(C)C)CC3F)n2)ccc1F. The lowest BCUT2D eigenvalue weighted by Crippen LogP contribution is -2.53. The van der Waals surface area contributed by atoms with Gasteiger partial charge < -0.3 is 24.8 Å². The Labute approximate surface area is 246 Å². The van der Waals surface area contributed by atoms with Crippen molar-refractivity contribution in [2.45, 2.75) is 78.1 Å². The minimum atomic E-state index is -1.20. The number of imidazole rings is 1. The summed E-state index contributed by atoms with van der Waals surface area (Å²) in [5.74, 6) is 1.34. The van der Waals surface area contributed by atoms with Crippen LogP contribution in [0.2, 0.25) is 0 Å². The average molecular weight is 582 g/mol. The Balaban J connectivity index is 1.38. The van der Waals surface area contributed by atoms with Gasteiger partial charge in [-0.15, -0.1) is 0 Å². The number of halogens is 2. The maximum absolute atomic E-state index is 16.1. The van der Waals surface area contributed by atoms with Crippen molar-refractivity contribution in [2.24, 2.45) is 5.92 Å². The van der Waals surface area contributed by atoms with E-state index in [1.807, 2.05) is 50.3 Å². The zero-order valence-corrected chi connectivity index (χ0v) is 25.3. The Morgan fingerprint density at radius 3 is 2.57 bits per heavy atom. The lowest BCUT2D eigenvalue weighted by molar-refractivity contribution is -0.00352. The van der Waals surface area contributed by atoms with Crippen molar-refractivity contribution in [3.8, 4) is 11.3 Å². The Bertz CT molecular complexity index is 1450. The van der Waals surface area contributed by atoms with Gasteiger partial charge in [-0.1, -0.05) is 13.8 Å². The van der Waals surface area contributed by atoms with Gasteiger partial charge in [-0.2, -0.15) is 0 Å². The molecule has 0 spiro atoms. The van der Waals surface area contributed by atoms with Gasteiger partial charge in [0.05, 0.1) is 18.2 Å². The van der Waals surface area contributed by atoms with Gasteiger partial charge in [0, 0.05) is 49.4 Å². The van der Waals surface area contributed by atoms with Crippen LogP contribution in [-0.4, -0.2) is 68.5 Å². The standard InChI is InChI=1S/C31H41F2N7O2/c1-18(2)26-27(34)35-17-36-29(26)38-10-9-22(24(33)15-38)28-37-25(21-7-8-23(32)19(3)11-21)16-39(28)12-20-13-40(14-20)30(41)42-31(4,5)6/h7-8,11,16-18,20,22,24H,9-10,12-15H2,1-6H3,(H2,34,35,36). The molecule has 3 aromatic rings. The molecule has 2 saturated heterocycles. The van der Waals surface area contributed by atoms with E-state index in [0.717, 1.165) is 11.1 Å². The first kappa shape index (κ1) is 29.7. The van der Waals surface area contributed by atoms with E-state index in [9.17, 15) is 9.18 Å². The summed E-state index contributed by atoms with van der Waals surface area (Å²) in [6, 6.07) is 4.90.